The van der Waals surface area contributed by atoms with E-state index in [1.54, 1.807) is 37.3 Å². The molecule has 2 N–H and O–H groups in total. The summed E-state index contributed by atoms with van der Waals surface area (Å²) >= 11 is 0. The molecule has 2 aromatic rings. The Morgan fingerprint density at radius 2 is 1.85 bits per heavy atom. The second-order valence-corrected chi connectivity index (χ2v) is 6.15. The number of benzene rings is 2. The molecule has 2 rings (SSSR count). The Kier molecular flexibility index (Phi) is 6.33. The van der Waals surface area contributed by atoms with E-state index in [1.807, 2.05) is 13.8 Å². The van der Waals surface area contributed by atoms with Crippen molar-refractivity contribution in [3.63, 3.8) is 0 Å². The van der Waals surface area contributed by atoms with Crippen LogP contribution in [0.3, 0.4) is 0 Å². The van der Waals surface area contributed by atoms with Gasteiger partial charge >= 0.3 is 6.61 Å². The number of phenolic OH excluding ortho intramolecular Hbond substituents is 1. The number of aryl methyl sites for hydroxylation is 1. The fraction of sp³-hybridized carbons (Fsp3) is 0.250. The second kappa shape index (κ2) is 8.47. The third-order valence-corrected chi connectivity index (χ3v) is 3.79. The molecule has 0 aliphatic heterocycles. The fourth-order valence-corrected chi connectivity index (χ4v) is 2.41. The Morgan fingerprint density at radius 3 is 2.42 bits per heavy atom. The molecule has 0 atom stereocenters. The number of alkyl halides is 2. The number of rotatable bonds is 6. The van der Waals surface area contributed by atoms with E-state index in [1.165, 1.54) is 18.2 Å². The number of phenols is 1. The van der Waals surface area contributed by atoms with Crippen molar-refractivity contribution in [2.45, 2.75) is 33.3 Å². The van der Waals surface area contributed by atoms with Gasteiger partial charge in [0, 0.05) is 11.8 Å². The van der Waals surface area contributed by atoms with Crippen molar-refractivity contribution < 1.29 is 23.4 Å². The lowest BCUT2D eigenvalue weighted by molar-refractivity contribution is -0.111. The third kappa shape index (κ3) is 5.31. The van der Waals surface area contributed by atoms with Crippen molar-refractivity contribution in [2.24, 2.45) is 0 Å². The van der Waals surface area contributed by atoms with Crippen molar-refractivity contribution >= 4 is 17.7 Å². The van der Waals surface area contributed by atoms with E-state index in [9.17, 15) is 18.7 Å². The number of anilines is 1. The summed E-state index contributed by atoms with van der Waals surface area (Å²) in [4.78, 5) is 12.1. The van der Waals surface area contributed by atoms with Crippen molar-refractivity contribution in [3.8, 4) is 11.5 Å². The standard InChI is InChI=1S/C20H21F2NO3/c1-12(2)16-11-17(13(3)10-18(16)24)23-19(25)9-6-14-4-7-15(8-5-14)26-20(21)22/h4-12,20,24H,1-3H3,(H,23,25)/b9-6-. The Labute approximate surface area is 151 Å². The number of aromatic hydroxyl groups is 1. The third-order valence-electron chi connectivity index (χ3n) is 3.79. The molecule has 2 aromatic carbocycles. The van der Waals surface area contributed by atoms with E-state index in [0.29, 0.717) is 11.3 Å². The highest BCUT2D eigenvalue weighted by Gasteiger charge is 2.11. The van der Waals surface area contributed by atoms with Crippen LogP contribution < -0.4 is 10.1 Å². The molecule has 0 bridgehead atoms. The largest absolute Gasteiger partial charge is 0.508 e. The summed E-state index contributed by atoms with van der Waals surface area (Å²) in [5.74, 6) is 0.0526. The van der Waals surface area contributed by atoms with Gasteiger partial charge < -0.3 is 15.2 Å². The SMILES string of the molecule is Cc1cc(O)c(C(C)C)cc1NC(=O)/C=C\c1ccc(OC(F)F)cc1. The molecule has 138 valence electrons. The van der Waals surface area contributed by atoms with Crippen molar-refractivity contribution in [1.29, 1.82) is 0 Å². The lowest BCUT2D eigenvalue weighted by atomic mass is 9.99. The Morgan fingerprint density at radius 1 is 1.19 bits per heavy atom. The highest BCUT2D eigenvalue weighted by atomic mass is 19.3. The molecule has 0 aliphatic rings. The number of hydrogen-bond acceptors (Lipinski definition) is 3. The van der Waals surface area contributed by atoms with Gasteiger partial charge in [-0.3, -0.25) is 4.79 Å². The number of carbonyl (C=O) groups excluding carboxylic acids is 1. The number of hydrogen-bond donors (Lipinski definition) is 2. The van der Waals surface area contributed by atoms with Crippen molar-refractivity contribution in [3.05, 3.63) is 59.2 Å². The van der Waals surface area contributed by atoms with Crippen LogP contribution in [-0.2, 0) is 4.79 Å². The molecule has 0 spiro atoms. The zero-order chi connectivity index (χ0) is 19.3. The summed E-state index contributed by atoms with van der Waals surface area (Å²) < 4.78 is 28.5. The van der Waals surface area contributed by atoms with Crippen LogP contribution in [-0.4, -0.2) is 17.6 Å². The van der Waals surface area contributed by atoms with Crippen LogP contribution >= 0.6 is 0 Å². The Bertz CT molecular complexity index is 799. The van der Waals surface area contributed by atoms with Gasteiger partial charge in [0.05, 0.1) is 0 Å². The van der Waals surface area contributed by atoms with E-state index in [2.05, 4.69) is 10.1 Å². The molecule has 0 aliphatic carbocycles. The highest BCUT2D eigenvalue weighted by molar-refractivity contribution is 6.02. The van der Waals surface area contributed by atoms with Crippen molar-refractivity contribution in [2.75, 3.05) is 5.32 Å². The Balaban J connectivity index is 2.06. The van der Waals surface area contributed by atoms with Crippen LogP contribution in [0.25, 0.3) is 6.08 Å². The van der Waals surface area contributed by atoms with Gasteiger partial charge in [-0.05, 0) is 59.9 Å². The van der Waals surface area contributed by atoms with Crippen LogP contribution in [0.2, 0.25) is 0 Å². The van der Waals surface area contributed by atoms with Gasteiger partial charge in [0.2, 0.25) is 5.91 Å². The molecule has 0 saturated carbocycles. The van der Waals surface area contributed by atoms with Gasteiger partial charge in [-0.15, -0.1) is 0 Å². The van der Waals surface area contributed by atoms with Gasteiger partial charge in [0.25, 0.3) is 0 Å². The van der Waals surface area contributed by atoms with E-state index in [0.717, 1.165) is 11.1 Å². The summed E-state index contributed by atoms with van der Waals surface area (Å²) in [5.41, 5.74) is 2.81. The summed E-state index contributed by atoms with van der Waals surface area (Å²) in [6.45, 7) is 2.84. The molecule has 1 amide bonds. The normalized spacial score (nSPS) is 11.3. The van der Waals surface area contributed by atoms with Crippen LogP contribution in [0, 0.1) is 6.92 Å². The summed E-state index contributed by atoms with van der Waals surface area (Å²) in [5, 5.41) is 12.7. The number of nitrogens with one attached hydrogen (secondary N) is 1. The molecule has 4 nitrogen and oxygen atoms in total. The molecular weight excluding hydrogens is 340 g/mol. The zero-order valence-electron chi connectivity index (χ0n) is 14.8. The van der Waals surface area contributed by atoms with Gasteiger partial charge in [-0.1, -0.05) is 26.0 Å². The van der Waals surface area contributed by atoms with Gasteiger partial charge in [-0.25, -0.2) is 0 Å². The molecule has 0 saturated heterocycles. The quantitative estimate of drug-likeness (QED) is 0.557. The number of halogens is 2. The fourth-order valence-electron chi connectivity index (χ4n) is 2.41. The average molecular weight is 361 g/mol. The van der Waals surface area contributed by atoms with Crippen LogP contribution in [0.15, 0.2) is 42.5 Å². The maximum atomic E-state index is 12.1. The summed E-state index contributed by atoms with van der Waals surface area (Å²) in [6, 6.07) is 9.34. The molecule has 0 heterocycles. The monoisotopic (exact) mass is 361 g/mol. The first-order chi connectivity index (χ1) is 12.3. The van der Waals surface area contributed by atoms with Gasteiger partial charge in [0.1, 0.15) is 11.5 Å². The van der Waals surface area contributed by atoms with E-state index in [-0.39, 0.29) is 23.3 Å². The topological polar surface area (TPSA) is 58.6 Å². The predicted octanol–water partition coefficient (Wildman–Crippen LogP) is 5.08. The highest BCUT2D eigenvalue weighted by Crippen LogP contribution is 2.31. The lowest BCUT2D eigenvalue weighted by Crippen LogP contribution is -2.09. The number of carbonyl (C=O) groups is 1. The number of amides is 1. The van der Waals surface area contributed by atoms with E-state index >= 15 is 0 Å². The minimum absolute atomic E-state index is 0.0579. The smallest absolute Gasteiger partial charge is 0.387 e. The first-order valence-corrected chi connectivity index (χ1v) is 8.13. The van der Waals surface area contributed by atoms with Gasteiger partial charge in [0.15, 0.2) is 0 Å². The first-order valence-electron chi connectivity index (χ1n) is 8.13. The van der Waals surface area contributed by atoms with E-state index < -0.39 is 6.61 Å². The summed E-state index contributed by atoms with van der Waals surface area (Å²) in [6.07, 6.45) is 2.92. The summed E-state index contributed by atoms with van der Waals surface area (Å²) in [7, 11) is 0. The van der Waals surface area contributed by atoms with E-state index in [4.69, 9.17) is 0 Å². The maximum Gasteiger partial charge on any atom is 0.387 e. The van der Waals surface area contributed by atoms with Crippen molar-refractivity contribution in [1.82, 2.24) is 0 Å². The molecule has 26 heavy (non-hydrogen) atoms. The van der Waals surface area contributed by atoms with Gasteiger partial charge in [-0.2, -0.15) is 8.78 Å². The molecule has 0 unspecified atom stereocenters. The molecule has 0 fully saturated rings. The van der Waals surface area contributed by atoms with Crippen LogP contribution in [0.4, 0.5) is 14.5 Å². The minimum atomic E-state index is -2.87. The average Bonchev–Trinajstić information content (AvgIpc) is 2.56. The molecule has 6 heteroatoms. The molecular formula is C20H21F2NO3. The lowest BCUT2D eigenvalue weighted by Gasteiger charge is -2.13. The first kappa shape index (κ1) is 19.4. The molecule has 0 radical (unpaired) electrons. The minimum Gasteiger partial charge on any atom is -0.508 e. The zero-order valence-corrected chi connectivity index (χ0v) is 14.8. The predicted molar refractivity (Wildman–Crippen MR) is 97.7 cm³/mol. The van der Waals surface area contributed by atoms with Crippen LogP contribution in [0.5, 0.6) is 11.5 Å². The second-order valence-electron chi connectivity index (χ2n) is 6.15. The number of ether oxygens (including phenoxy) is 1. The van der Waals surface area contributed by atoms with Crippen LogP contribution in [0.1, 0.15) is 36.5 Å². The molecule has 0 aromatic heterocycles. The Hall–Kier alpha value is -2.89. The maximum absolute atomic E-state index is 12.1.